The van der Waals surface area contributed by atoms with Gasteiger partial charge < -0.3 is 5.73 Å². The summed E-state index contributed by atoms with van der Waals surface area (Å²) >= 11 is 6.33. The lowest BCUT2D eigenvalue weighted by molar-refractivity contribution is 1.04. The molecule has 0 aliphatic rings. The third-order valence-corrected chi connectivity index (χ3v) is 2.96. The van der Waals surface area contributed by atoms with Crippen molar-refractivity contribution >= 4 is 45.0 Å². The highest BCUT2D eigenvalue weighted by Gasteiger charge is 1.99. The SMILES string of the molecule is NC(=S)N/N=C/c1csc2ccccc12. The zero-order valence-electron chi connectivity index (χ0n) is 7.81. The molecule has 5 heteroatoms. The first-order valence-electron chi connectivity index (χ1n) is 4.32. The molecule has 0 fully saturated rings. The molecule has 1 aromatic heterocycles. The number of nitrogens with two attached hydrogens (primary N) is 1. The lowest BCUT2D eigenvalue weighted by Gasteiger charge is -1.93. The topological polar surface area (TPSA) is 50.4 Å². The monoisotopic (exact) mass is 235 g/mol. The summed E-state index contributed by atoms with van der Waals surface area (Å²) in [6, 6.07) is 8.17. The maximum Gasteiger partial charge on any atom is 0.184 e. The van der Waals surface area contributed by atoms with Crippen LogP contribution in [0.25, 0.3) is 10.1 Å². The molecule has 0 bridgehead atoms. The van der Waals surface area contributed by atoms with Gasteiger partial charge in [-0.1, -0.05) is 18.2 Å². The normalized spacial score (nSPS) is 10.9. The van der Waals surface area contributed by atoms with Gasteiger partial charge in [0.1, 0.15) is 0 Å². The zero-order chi connectivity index (χ0) is 10.7. The predicted molar refractivity (Wildman–Crippen MR) is 69.3 cm³/mol. The van der Waals surface area contributed by atoms with Gasteiger partial charge in [-0.05, 0) is 18.3 Å². The second kappa shape index (κ2) is 4.37. The van der Waals surface area contributed by atoms with Crippen LogP contribution in [0, 0.1) is 0 Å². The standard InChI is InChI=1S/C10H9N3S2/c11-10(14)13-12-5-7-6-15-9-4-2-1-3-8(7)9/h1-6H,(H3,11,13,14)/b12-5+. The van der Waals surface area contributed by atoms with Crippen molar-refractivity contribution in [3.8, 4) is 0 Å². The zero-order valence-corrected chi connectivity index (χ0v) is 9.44. The van der Waals surface area contributed by atoms with Crippen LogP contribution in [0.15, 0.2) is 34.7 Å². The van der Waals surface area contributed by atoms with E-state index in [0.29, 0.717) is 0 Å². The number of nitrogens with one attached hydrogen (secondary N) is 1. The summed E-state index contributed by atoms with van der Waals surface area (Å²) in [6.45, 7) is 0. The van der Waals surface area contributed by atoms with Crippen molar-refractivity contribution in [1.29, 1.82) is 0 Å². The van der Waals surface area contributed by atoms with Gasteiger partial charge in [0, 0.05) is 21.0 Å². The van der Waals surface area contributed by atoms with Gasteiger partial charge in [0.2, 0.25) is 0 Å². The van der Waals surface area contributed by atoms with Crippen LogP contribution in [0.4, 0.5) is 0 Å². The minimum atomic E-state index is 0.172. The van der Waals surface area contributed by atoms with Gasteiger partial charge >= 0.3 is 0 Å². The fourth-order valence-corrected chi connectivity index (χ4v) is 2.23. The molecule has 2 aromatic rings. The van der Waals surface area contributed by atoms with Crippen molar-refractivity contribution in [2.45, 2.75) is 0 Å². The Hall–Kier alpha value is -1.46. The molecule has 1 aromatic carbocycles. The lowest BCUT2D eigenvalue weighted by Crippen LogP contribution is -2.23. The fraction of sp³-hybridized carbons (Fsp3) is 0. The molecule has 0 saturated carbocycles. The Morgan fingerprint density at radius 3 is 3.07 bits per heavy atom. The van der Waals surface area contributed by atoms with E-state index in [-0.39, 0.29) is 5.11 Å². The predicted octanol–water partition coefficient (Wildman–Crippen LogP) is 2.07. The number of hydrogen-bond acceptors (Lipinski definition) is 3. The third kappa shape index (κ3) is 2.31. The number of benzene rings is 1. The largest absolute Gasteiger partial charge is 0.375 e. The molecule has 3 N–H and O–H groups in total. The smallest absolute Gasteiger partial charge is 0.184 e. The van der Waals surface area contributed by atoms with Crippen molar-refractivity contribution in [1.82, 2.24) is 5.43 Å². The third-order valence-electron chi connectivity index (χ3n) is 1.89. The number of nitrogens with zero attached hydrogens (tertiary/aromatic N) is 1. The molecule has 3 nitrogen and oxygen atoms in total. The summed E-state index contributed by atoms with van der Waals surface area (Å²) in [4.78, 5) is 0. The van der Waals surface area contributed by atoms with Crippen LogP contribution in [0.3, 0.4) is 0 Å². The summed E-state index contributed by atoms with van der Waals surface area (Å²) in [5.41, 5.74) is 8.85. The second-order valence-corrected chi connectivity index (χ2v) is 4.27. The molecule has 0 aliphatic carbocycles. The summed E-state index contributed by atoms with van der Waals surface area (Å²) in [7, 11) is 0. The first-order chi connectivity index (χ1) is 7.27. The van der Waals surface area contributed by atoms with Crippen LogP contribution in [-0.4, -0.2) is 11.3 Å². The van der Waals surface area contributed by atoms with Crippen LogP contribution in [0.2, 0.25) is 0 Å². The van der Waals surface area contributed by atoms with Crippen molar-refractivity contribution in [3.05, 3.63) is 35.2 Å². The average Bonchev–Trinajstić information content (AvgIpc) is 2.62. The fourth-order valence-electron chi connectivity index (χ4n) is 1.26. The van der Waals surface area contributed by atoms with E-state index in [2.05, 4.69) is 40.3 Å². The van der Waals surface area contributed by atoms with Crippen LogP contribution >= 0.6 is 23.6 Å². The molecule has 15 heavy (non-hydrogen) atoms. The minimum absolute atomic E-state index is 0.172. The van der Waals surface area contributed by atoms with Gasteiger partial charge in [-0.15, -0.1) is 11.3 Å². The Balaban J connectivity index is 2.28. The Labute approximate surface area is 96.6 Å². The maximum atomic E-state index is 5.25. The molecular weight excluding hydrogens is 226 g/mol. The molecule has 0 unspecified atom stereocenters. The van der Waals surface area contributed by atoms with E-state index in [0.717, 1.165) is 5.56 Å². The first kappa shape index (κ1) is 10.1. The van der Waals surface area contributed by atoms with Crippen molar-refractivity contribution in [2.24, 2.45) is 10.8 Å². The van der Waals surface area contributed by atoms with Crippen LogP contribution in [-0.2, 0) is 0 Å². The number of thiocarbonyl (C=S) groups is 1. The molecule has 76 valence electrons. The quantitative estimate of drug-likeness (QED) is 0.476. The molecule has 0 aliphatic heterocycles. The molecule has 0 atom stereocenters. The molecule has 0 saturated heterocycles. The van der Waals surface area contributed by atoms with E-state index in [1.807, 2.05) is 12.1 Å². The van der Waals surface area contributed by atoms with Crippen LogP contribution in [0.5, 0.6) is 0 Å². The van der Waals surface area contributed by atoms with Gasteiger partial charge in [0.25, 0.3) is 0 Å². The average molecular weight is 235 g/mol. The number of rotatable bonds is 2. The van der Waals surface area contributed by atoms with Crippen molar-refractivity contribution < 1.29 is 0 Å². The van der Waals surface area contributed by atoms with Crippen molar-refractivity contribution in [3.63, 3.8) is 0 Å². The summed E-state index contributed by atoms with van der Waals surface area (Å²) in [5.74, 6) is 0. The summed E-state index contributed by atoms with van der Waals surface area (Å²) < 4.78 is 1.24. The number of hydrogen-bond donors (Lipinski definition) is 2. The molecule has 0 amide bonds. The molecule has 0 radical (unpaired) electrons. The first-order valence-corrected chi connectivity index (χ1v) is 5.61. The second-order valence-electron chi connectivity index (χ2n) is 2.92. The minimum Gasteiger partial charge on any atom is -0.375 e. The van der Waals surface area contributed by atoms with E-state index in [1.54, 1.807) is 17.6 Å². The van der Waals surface area contributed by atoms with Gasteiger partial charge in [-0.2, -0.15) is 5.10 Å². The highest BCUT2D eigenvalue weighted by Crippen LogP contribution is 2.23. The Morgan fingerprint density at radius 2 is 2.27 bits per heavy atom. The molecule has 2 rings (SSSR count). The van der Waals surface area contributed by atoms with Gasteiger partial charge in [0.15, 0.2) is 5.11 Å². The van der Waals surface area contributed by atoms with Crippen LogP contribution in [0.1, 0.15) is 5.56 Å². The summed E-state index contributed by atoms with van der Waals surface area (Å²) in [5, 5.41) is 7.34. The Morgan fingerprint density at radius 1 is 1.47 bits per heavy atom. The number of thiophene rings is 1. The molecule has 1 heterocycles. The van der Waals surface area contributed by atoms with Crippen LogP contribution < -0.4 is 11.2 Å². The van der Waals surface area contributed by atoms with Gasteiger partial charge in [-0.3, -0.25) is 5.43 Å². The van der Waals surface area contributed by atoms with E-state index in [4.69, 9.17) is 5.73 Å². The van der Waals surface area contributed by atoms with E-state index >= 15 is 0 Å². The lowest BCUT2D eigenvalue weighted by atomic mass is 10.2. The van der Waals surface area contributed by atoms with Gasteiger partial charge in [-0.25, -0.2) is 0 Å². The number of fused-ring (bicyclic) bond motifs is 1. The highest BCUT2D eigenvalue weighted by atomic mass is 32.1. The maximum absolute atomic E-state index is 5.25. The molecule has 0 spiro atoms. The highest BCUT2D eigenvalue weighted by molar-refractivity contribution is 7.80. The number of hydrazone groups is 1. The van der Waals surface area contributed by atoms with E-state index in [9.17, 15) is 0 Å². The van der Waals surface area contributed by atoms with E-state index < -0.39 is 0 Å². The van der Waals surface area contributed by atoms with Gasteiger partial charge in [0.05, 0.1) is 6.21 Å². The Kier molecular flexibility index (Phi) is 2.94. The van der Waals surface area contributed by atoms with E-state index in [1.165, 1.54) is 10.1 Å². The Bertz CT molecular complexity index is 516. The van der Waals surface area contributed by atoms with Crippen molar-refractivity contribution in [2.75, 3.05) is 0 Å². The summed E-state index contributed by atoms with van der Waals surface area (Å²) in [6.07, 6.45) is 1.72. The molecular formula is C10H9N3S2.